The summed E-state index contributed by atoms with van der Waals surface area (Å²) in [7, 11) is -5.85. The van der Waals surface area contributed by atoms with E-state index in [1.807, 2.05) is 0 Å². The van der Waals surface area contributed by atoms with Gasteiger partial charge in [0.1, 0.15) is 6.33 Å². The van der Waals surface area contributed by atoms with Crippen LogP contribution in [0.25, 0.3) is 11.3 Å². The highest BCUT2D eigenvalue weighted by Gasteiger charge is 2.48. The smallest absolute Gasteiger partial charge is 0.375 e. The molecule has 22 heavy (non-hydrogen) atoms. The predicted octanol–water partition coefficient (Wildman–Crippen LogP) is 2.18. The normalized spacial score (nSPS) is 12.0. The van der Waals surface area contributed by atoms with Crippen molar-refractivity contribution in [3.8, 4) is 17.0 Å². The van der Waals surface area contributed by atoms with Crippen LogP contribution in [0.5, 0.6) is 5.75 Å². The van der Waals surface area contributed by atoms with Gasteiger partial charge in [0.15, 0.2) is 12.0 Å². The van der Waals surface area contributed by atoms with E-state index in [4.69, 9.17) is 0 Å². The highest BCUT2D eigenvalue weighted by atomic mass is 32.2. The van der Waals surface area contributed by atoms with Crippen molar-refractivity contribution in [2.24, 2.45) is 0 Å². The standard InChI is InChI=1S/C12H7F3N2O4S/c13-12(14,15)22(19,20)21-11-2-1-8(5-9(11)6-18)10-3-4-16-7-17-10/h1-7H. The number of aldehydes is 1. The minimum absolute atomic E-state index is 0.186. The molecule has 2 rings (SSSR count). The van der Waals surface area contributed by atoms with Crippen LogP contribution < -0.4 is 4.18 Å². The van der Waals surface area contributed by atoms with Crippen molar-refractivity contribution >= 4 is 16.4 Å². The van der Waals surface area contributed by atoms with E-state index < -0.39 is 21.4 Å². The van der Waals surface area contributed by atoms with E-state index in [1.54, 1.807) is 0 Å². The highest BCUT2D eigenvalue weighted by molar-refractivity contribution is 7.88. The van der Waals surface area contributed by atoms with Crippen LogP contribution in [0.3, 0.4) is 0 Å². The second kappa shape index (κ2) is 5.72. The molecule has 0 amide bonds. The summed E-state index contributed by atoms with van der Waals surface area (Å²) in [6, 6.07) is 4.90. The third kappa shape index (κ3) is 3.22. The summed E-state index contributed by atoms with van der Waals surface area (Å²) in [5.74, 6) is -0.717. The fraction of sp³-hybridized carbons (Fsp3) is 0.0833. The molecule has 0 aliphatic heterocycles. The van der Waals surface area contributed by atoms with Gasteiger partial charge in [-0.2, -0.15) is 21.6 Å². The van der Waals surface area contributed by atoms with Crippen molar-refractivity contribution < 1.29 is 30.6 Å². The van der Waals surface area contributed by atoms with Gasteiger partial charge < -0.3 is 4.18 Å². The topological polar surface area (TPSA) is 86.2 Å². The largest absolute Gasteiger partial charge is 0.534 e. The number of aromatic nitrogens is 2. The van der Waals surface area contributed by atoms with Crippen molar-refractivity contribution in [3.05, 3.63) is 42.4 Å². The fourth-order valence-electron chi connectivity index (χ4n) is 1.50. The lowest BCUT2D eigenvalue weighted by Gasteiger charge is -2.11. The van der Waals surface area contributed by atoms with Gasteiger partial charge in [0.2, 0.25) is 0 Å². The third-order valence-corrected chi connectivity index (χ3v) is 3.46. The lowest BCUT2D eigenvalue weighted by Crippen LogP contribution is -2.28. The molecule has 0 unspecified atom stereocenters. The fourth-order valence-corrected chi connectivity index (χ4v) is 1.99. The summed E-state index contributed by atoms with van der Waals surface area (Å²) in [6.07, 6.45) is 2.86. The summed E-state index contributed by atoms with van der Waals surface area (Å²) in [5, 5.41) is 0. The Morgan fingerprint density at radius 3 is 2.45 bits per heavy atom. The van der Waals surface area contributed by atoms with Crippen LogP contribution in [0, 0.1) is 0 Å². The molecule has 1 aromatic carbocycles. The Bertz CT molecular complexity index is 792. The van der Waals surface area contributed by atoms with E-state index in [9.17, 15) is 26.4 Å². The maximum atomic E-state index is 12.3. The average Bonchev–Trinajstić information content (AvgIpc) is 2.47. The molecule has 2 aromatic rings. The first-order valence-electron chi connectivity index (χ1n) is 5.61. The summed E-state index contributed by atoms with van der Waals surface area (Å²) in [4.78, 5) is 18.6. The molecule has 0 saturated heterocycles. The first kappa shape index (κ1) is 15.9. The number of rotatable bonds is 4. The van der Waals surface area contributed by atoms with Gasteiger partial charge in [0.05, 0.1) is 11.3 Å². The lowest BCUT2D eigenvalue weighted by atomic mass is 10.1. The SMILES string of the molecule is O=Cc1cc(-c2ccncn2)ccc1OS(=O)(=O)C(F)(F)F. The van der Waals surface area contributed by atoms with Crippen LogP contribution in [0.1, 0.15) is 10.4 Å². The van der Waals surface area contributed by atoms with Gasteiger partial charge in [-0.25, -0.2) is 9.97 Å². The Hall–Kier alpha value is -2.49. The van der Waals surface area contributed by atoms with Crippen LogP contribution in [-0.4, -0.2) is 30.2 Å². The molecule has 1 aromatic heterocycles. The molecular weight excluding hydrogens is 325 g/mol. The molecule has 0 saturated carbocycles. The van der Waals surface area contributed by atoms with Gasteiger partial charge in [0, 0.05) is 11.8 Å². The van der Waals surface area contributed by atoms with Gasteiger partial charge in [0.25, 0.3) is 0 Å². The van der Waals surface area contributed by atoms with E-state index in [-0.39, 0.29) is 11.8 Å². The molecule has 0 spiro atoms. The number of carbonyl (C=O) groups excluding carboxylic acids is 1. The average molecular weight is 332 g/mol. The van der Waals surface area contributed by atoms with E-state index in [0.717, 1.165) is 12.1 Å². The third-order valence-electron chi connectivity index (χ3n) is 2.50. The zero-order valence-electron chi connectivity index (χ0n) is 10.6. The van der Waals surface area contributed by atoms with Crippen LogP contribution in [0.2, 0.25) is 0 Å². The van der Waals surface area contributed by atoms with Crippen LogP contribution >= 0.6 is 0 Å². The Labute approximate surface area is 122 Å². The zero-order chi connectivity index (χ0) is 16.4. The van der Waals surface area contributed by atoms with Crippen molar-refractivity contribution in [1.29, 1.82) is 0 Å². The van der Waals surface area contributed by atoms with E-state index in [2.05, 4.69) is 14.2 Å². The quantitative estimate of drug-likeness (QED) is 0.485. The van der Waals surface area contributed by atoms with Crippen molar-refractivity contribution in [2.45, 2.75) is 5.51 Å². The van der Waals surface area contributed by atoms with E-state index in [1.165, 1.54) is 24.7 Å². The van der Waals surface area contributed by atoms with Crippen molar-refractivity contribution in [2.75, 3.05) is 0 Å². The van der Waals surface area contributed by atoms with E-state index >= 15 is 0 Å². The first-order valence-corrected chi connectivity index (χ1v) is 7.02. The minimum atomic E-state index is -5.85. The van der Waals surface area contributed by atoms with Crippen molar-refractivity contribution in [3.63, 3.8) is 0 Å². The molecule has 0 radical (unpaired) electrons. The molecule has 0 N–H and O–H groups in total. The first-order chi connectivity index (χ1) is 10.2. The lowest BCUT2D eigenvalue weighted by molar-refractivity contribution is -0.0500. The second-order valence-corrected chi connectivity index (χ2v) is 5.49. The Balaban J connectivity index is 2.42. The van der Waals surface area contributed by atoms with Gasteiger partial charge in [-0.05, 0) is 24.3 Å². The molecule has 0 aliphatic rings. The molecule has 0 atom stereocenters. The Kier molecular flexibility index (Phi) is 4.13. The van der Waals surface area contributed by atoms with Gasteiger partial charge in [-0.1, -0.05) is 0 Å². The molecule has 10 heteroatoms. The maximum Gasteiger partial charge on any atom is 0.534 e. The molecule has 0 fully saturated rings. The summed E-state index contributed by atoms with van der Waals surface area (Å²) in [5.41, 5.74) is -5.15. The molecule has 116 valence electrons. The molecular formula is C12H7F3N2O4S. The molecule has 0 bridgehead atoms. The van der Waals surface area contributed by atoms with E-state index in [0.29, 0.717) is 11.3 Å². The number of nitrogens with zero attached hydrogens (tertiary/aromatic N) is 2. The number of hydrogen-bond donors (Lipinski definition) is 0. The number of halogens is 3. The minimum Gasteiger partial charge on any atom is -0.375 e. The molecule has 1 heterocycles. The number of carbonyl (C=O) groups is 1. The molecule has 6 nitrogen and oxygen atoms in total. The Morgan fingerprint density at radius 1 is 1.18 bits per heavy atom. The number of alkyl halides is 3. The predicted molar refractivity (Wildman–Crippen MR) is 68.5 cm³/mol. The highest BCUT2D eigenvalue weighted by Crippen LogP contribution is 2.30. The number of hydrogen-bond acceptors (Lipinski definition) is 6. The van der Waals surface area contributed by atoms with Gasteiger partial charge >= 0.3 is 15.6 Å². The number of benzene rings is 1. The van der Waals surface area contributed by atoms with Gasteiger partial charge in [-0.3, -0.25) is 4.79 Å². The zero-order valence-corrected chi connectivity index (χ0v) is 11.4. The summed E-state index contributed by atoms with van der Waals surface area (Å²) in [6.45, 7) is 0. The second-order valence-electron chi connectivity index (χ2n) is 3.95. The monoisotopic (exact) mass is 332 g/mol. The van der Waals surface area contributed by atoms with Crippen LogP contribution in [-0.2, 0) is 10.1 Å². The van der Waals surface area contributed by atoms with Gasteiger partial charge in [-0.15, -0.1) is 0 Å². The molecule has 0 aliphatic carbocycles. The van der Waals surface area contributed by atoms with Crippen LogP contribution in [0.15, 0.2) is 36.8 Å². The maximum absolute atomic E-state index is 12.3. The summed E-state index contributed by atoms with van der Waals surface area (Å²) < 4.78 is 62.7. The summed E-state index contributed by atoms with van der Waals surface area (Å²) >= 11 is 0. The van der Waals surface area contributed by atoms with Crippen molar-refractivity contribution in [1.82, 2.24) is 9.97 Å². The Morgan fingerprint density at radius 2 is 1.91 bits per heavy atom. The van der Waals surface area contributed by atoms with Crippen LogP contribution in [0.4, 0.5) is 13.2 Å².